The summed E-state index contributed by atoms with van der Waals surface area (Å²) < 4.78 is 34.1. The summed E-state index contributed by atoms with van der Waals surface area (Å²) in [7, 11) is 0. The van der Waals surface area contributed by atoms with E-state index in [1.807, 2.05) is 50.2 Å². The van der Waals surface area contributed by atoms with Gasteiger partial charge in [0.25, 0.3) is 0 Å². The van der Waals surface area contributed by atoms with Gasteiger partial charge in [-0.1, -0.05) is 60.7 Å². The molecular formula is C38H54N2O8. The van der Waals surface area contributed by atoms with Crippen molar-refractivity contribution in [2.24, 2.45) is 11.8 Å². The lowest BCUT2D eigenvalue weighted by molar-refractivity contribution is -0.195. The van der Waals surface area contributed by atoms with E-state index in [1.54, 1.807) is 0 Å². The Balaban J connectivity index is 0.000000188. The molecule has 48 heavy (non-hydrogen) atoms. The van der Waals surface area contributed by atoms with Gasteiger partial charge in [-0.2, -0.15) is 0 Å². The predicted molar refractivity (Wildman–Crippen MR) is 181 cm³/mol. The Morgan fingerprint density at radius 3 is 1.35 bits per heavy atom. The van der Waals surface area contributed by atoms with Crippen LogP contribution in [0.3, 0.4) is 0 Å². The van der Waals surface area contributed by atoms with Crippen molar-refractivity contribution in [2.45, 2.75) is 102 Å². The third kappa shape index (κ3) is 9.22. The SMILES string of the molecule is CCOC(=O)[C@@H]1CCC2(C[C@H]1N[C@H](C)c1ccccc1)OCCO2.CCOC(=O)[C@H]1CCC2(C[C@H]1N[C@H](C)c1ccccc1)OCCO2. The van der Waals surface area contributed by atoms with Crippen LogP contribution >= 0.6 is 0 Å². The van der Waals surface area contributed by atoms with Crippen LogP contribution < -0.4 is 10.6 Å². The van der Waals surface area contributed by atoms with Crippen LogP contribution in [-0.4, -0.2) is 75.2 Å². The molecule has 0 unspecified atom stereocenters. The summed E-state index contributed by atoms with van der Waals surface area (Å²) >= 11 is 0. The summed E-state index contributed by atoms with van der Waals surface area (Å²) in [4.78, 5) is 24.8. The maximum Gasteiger partial charge on any atom is 0.310 e. The zero-order chi connectivity index (χ0) is 34.0. The average Bonchev–Trinajstić information content (AvgIpc) is 3.75. The lowest BCUT2D eigenvalue weighted by Gasteiger charge is -2.41. The van der Waals surface area contributed by atoms with E-state index in [9.17, 15) is 9.59 Å². The van der Waals surface area contributed by atoms with Gasteiger partial charge in [0.15, 0.2) is 11.6 Å². The van der Waals surface area contributed by atoms with Gasteiger partial charge in [0, 0.05) is 49.9 Å². The number of nitrogens with one attached hydrogen (secondary N) is 2. The molecule has 2 aliphatic heterocycles. The van der Waals surface area contributed by atoms with E-state index in [0.29, 0.717) is 52.5 Å². The number of carbonyl (C=O) groups is 2. The van der Waals surface area contributed by atoms with E-state index in [-0.39, 0.29) is 47.9 Å². The molecule has 2 aliphatic carbocycles. The molecule has 2 aromatic carbocycles. The van der Waals surface area contributed by atoms with Crippen LogP contribution in [0.15, 0.2) is 60.7 Å². The van der Waals surface area contributed by atoms with Gasteiger partial charge in [-0.15, -0.1) is 0 Å². The van der Waals surface area contributed by atoms with E-state index in [0.717, 1.165) is 25.7 Å². The molecule has 10 heteroatoms. The molecule has 0 amide bonds. The van der Waals surface area contributed by atoms with Gasteiger partial charge < -0.3 is 39.1 Å². The predicted octanol–water partition coefficient (Wildman–Crippen LogP) is 5.62. The fourth-order valence-electron chi connectivity index (χ4n) is 7.56. The standard InChI is InChI=1S/2C19H27NO4/c2*1-3-22-18(21)16-9-10-19(23-11-12-24-19)13-17(16)20-14(2)15-7-5-4-6-8-15/h2*4-8,14,16-17,20H,3,9-13H2,1-2H3/t14-,16+,17-;14-,16-,17-/m11/s1. The number of benzene rings is 2. The monoisotopic (exact) mass is 666 g/mol. The molecule has 0 radical (unpaired) electrons. The highest BCUT2D eigenvalue weighted by Gasteiger charge is 2.49. The van der Waals surface area contributed by atoms with Crippen molar-refractivity contribution in [2.75, 3.05) is 39.6 Å². The smallest absolute Gasteiger partial charge is 0.310 e. The van der Waals surface area contributed by atoms with Crippen LogP contribution in [0.2, 0.25) is 0 Å². The summed E-state index contributed by atoms with van der Waals surface area (Å²) in [6.45, 7) is 11.3. The Labute approximate surface area is 285 Å². The van der Waals surface area contributed by atoms with Crippen molar-refractivity contribution in [3.8, 4) is 0 Å². The van der Waals surface area contributed by atoms with Crippen LogP contribution in [0.4, 0.5) is 0 Å². The quantitative estimate of drug-likeness (QED) is 0.310. The molecule has 6 atom stereocenters. The van der Waals surface area contributed by atoms with E-state index >= 15 is 0 Å². The number of hydrogen-bond donors (Lipinski definition) is 2. The molecule has 2 saturated carbocycles. The molecule has 4 fully saturated rings. The second kappa shape index (κ2) is 17.2. The van der Waals surface area contributed by atoms with Gasteiger partial charge in [0.05, 0.1) is 51.5 Å². The van der Waals surface area contributed by atoms with Gasteiger partial charge >= 0.3 is 11.9 Å². The third-order valence-electron chi connectivity index (χ3n) is 10.0. The zero-order valence-electron chi connectivity index (χ0n) is 29.0. The number of esters is 2. The summed E-state index contributed by atoms with van der Waals surface area (Å²) in [5.74, 6) is -1.62. The Bertz CT molecular complexity index is 1180. The van der Waals surface area contributed by atoms with Gasteiger partial charge in [0.1, 0.15) is 0 Å². The summed E-state index contributed by atoms with van der Waals surface area (Å²) in [5.41, 5.74) is 2.40. The zero-order valence-corrected chi connectivity index (χ0v) is 29.0. The lowest BCUT2D eigenvalue weighted by atomic mass is 9.80. The number of hydrogen-bond acceptors (Lipinski definition) is 10. The number of rotatable bonds is 10. The Hall–Kier alpha value is -2.86. The minimum atomic E-state index is -0.531. The summed E-state index contributed by atoms with van der Waals surface area (Å²) in [6.07, 6.45) is 4.28. The highest BCUT2D eigenvalue weighted by Crippen LogP contribution is 2.41. The van der Waals surface area contributed by atoms with Gasteiger partial charge in [-0.3, -0.25) is 9.59 Å². The molecule has 2 spiro atoms. The number of ether oxygens (including phenoxy) is 6. The van der Waals surface area contributed by atoms with Crippen LogP contribution in [0.25, 0.3) is 0 Å². The topological polar surface area (TPSA) is 114 Å². The molecule has 0 bridgehead atoms. The minimum Gasteiger partial charge on any atom is -0.466 e. The number of carbonyl (C=O) groups excluding carboxylic acids is 2. The molecule has 4 aliphatic rings. The first-order valence-electron chi connectivity index (χ1n) is 17.8. The highest BCUT2D eigenvalue weighted by atomic mass is 16.7. The molecule has 6 rings (SSSR count). The third-order valence-corrected chi connectivity index (χ3v) is 10.0. The molecule has 2 N–H and O–H groups in total. The van der Waals surface area contributed by atoms with Gasteiger partial charge in [-0.05, 0) is 51.7 Å². The maximum atomic E-state index is 12.4. The Kier molecular flexibility index (Phi) is 13.0. The van der Waals surface area contributed by atoms with Crippen molar-refractivity contribution >= 4 is 11.9 Å². The second-order valence-corrected chi connectivity index (χ2v) is 13.2. The van der Waals surface area contributed by atoms with Gasteiger partial charge in [0.2, 0.25) is 0 Å². The van der Waals surface area contributed by atoms with Crippen LogP contribution in [-0.2, 0) is 38.0 Å². The first kappa shape index (κ1) is 36.4. The molecule has 2 aromatic rings. The van der Waals surface area contributed by atoms with Crippen LogP contribution in [0.1, 0.15) is 89.4 Å². The van der Waals surface area contributed by atoms with E-state index in [1.165, 1.54) is 11.1 Å². The fourth-order valence-corrected chi connectivity index (χ4v) is 7.56. The van der Waals surface area contributed by atoms with Crippen molar-refractivity contribution in [1.29, 1.82) is 0 Å². The first-order valence-corrected chi connectivity index (χ1v) is 17.8. The summed E-state index contributed by atoms with van der Waals surface area (Å²) in [6, 6.07) is 20.8. The fraction of sp³-hybridized carbons (Fsp3) is 0.632. The molecule has 0 aromatic heterocycles. The molecule has 2 saturated heterocycles. The highest BCUT2D eigenvalue weighted by molar-refractivity contribution is 5.74. The van der Waals surface area contributed by atoms with Crippen LogP contribution in [0, 0.1) is 11.8 Å². The van der Waals surface area contributed by atoms with E-state index in [4.69, 9.17) is 28.4 Å². The van der Waals surface area contributed by atoms with Crippen LogP contribution in [0.5, 0.6) is 0 Å². The van der Waals surface area contributed by atoms with E-state index in [2.05, 4.69) is 48.7 Å². The second-order valence-electron chi connectivity index (χ2n) is 13.2. The lowest BCUT2D eigenvalue weighted by Crippen LogP contribution is -2.52. The van der Waals surface area contributed by atoms with Crippen molar-refractivity contribution < 1.29 is 38.0 Å². The normalized spacial score (nSPS) is 27.1. The van der Waals surface area contributed by atoms with Crippen molar-refractivity contribution in [3.63, 3.8) is 0 Å². The Morgan fingerprint density at radius 1 is 0.667 bits per heavy atom. The average molecular weight is 667 g/mol. The molecule has 264 valence electrons. The molecule has 10 nitrogen and oxygen atoms in total. The Morgan fingerprint density at radius 2 is 1.02 bits per heavy atom. The summed E-state index contributed by atoms with van der Waals surface area (Å²) in [5, 5.41) is 7.23. The van der Waals surface area contributed by atoms with Crippen molar-refractivity contribution in [1.82, 2.24) is 10.6 Å². The maximum absolute atomic E-state index is 12.4. The van der Waals surface area contributed by atoms with E-state index < -0.39 is 11.6 Å². The first-order chi connectivity index (χ1) is 23.3. The molecular weight excluding hydrogens is 612 g/mol. The minimum absolute atomic E-state index is 0.0221. The van der Waals surface area contributed by atoms with Crippen molar-refractivity contribution in [3.05, 3.63) is 71.8 Å². The molecule has 2 heterocycles. The van der Waals surface area contributed by atoms with Gasteiger partial charge in [-0.25, -0.2) is 0 Å². The largest absolute Gasteiger partial charge is 0.466 e.